The molecule has 0 saturated carbocycles. The molecule has 3 N–H and O–H groups in total. The molecule has 1 aromatic rings. The van der Waals surface area contributed by atoms with Gasteiger partial charge >= 0.3 is 0 Å². The number of nitrogens with two attached hydrogens (primary N) is 1. The molecule has 0 aliphatic rings. The normalized spacial score (nSPS) is 14.8. The van der Waals surface area contributed by atoms with Crippen LogP contribution in [-0.4, -0.2) is 25.2 Å². The summed E-state index contributed by atoms with van der Waals surface area (Å²) in [5, 5.41) is 3.01. The van der Waals surface area contributed by atoms with Crippen LogP contribution in [0, 0.1) is 0 Å². The molecular formula is C15H24N2O2. The third-order valence-corrected chi connectivity index (χ3v) is 3.37. The van der Waals surface area contributed by atoms with Gasteiger partial charge in [-0.2, -0.15) is 0 Å². The zero-order chi connectivity index (χ0) is 14.5. The van der Waals surface area contributed by atoms with E-state index < -0.39 is 11.1 Å². The van der Waals surface area contributed by atoms with E-state index in [0.29, 0.717) is 13.0 Å². The molecule has 1 unspecified atom stereocenters. The molecule has 19 heavy (non-hydrogen) atoms. The molecule has 1 aromatic carbocycles. The number of carbonyl (C=O) groups excluding carboxylic acids is 1. The number of carbonyl (C=O) groups is 1. The summed E-state index contributed by atoms with van der Waals surface area (Å²) in [6.07, 6.45) is 0.298. The minimum absolute atomic E-state index is 0.0661. The van der Waals surface area contributed by atoms with Crippen LogP contribution in [0.5, 0.6) is 0 Å². The Morgan fingerprint density at radius 1 is 1.26 bits per heavy atom. The van der Waals surface area contributed by atoms with Crippen molar-refractivity contribution in [2.75, 3.05) is 13.7 Å². The molecule has 1 amide bonds. The van der Waals surface area contributed by atoms with E-state index >= 15 is 0 Å². The van der Waals surface area contributed by atoms with Crippen LogP contribution in [0.3, 0.4) is 0 Å². The van der Waals surface area contributed by atoms with Gasteiger partial charge in [-0.25, -0.2) is 0 Å². The Kier molecular flexibility index (Phi) is 5.09. The highest BCUT2D eigenvalue weighted by Crippen LogP contribution is 2.20. The largest absolute Gasteiger partial charge is 0.378 e. The number of ether oxygens (including phenoxy) is 1. The van der Waals surface area contributed by atoms with Gasteiger partial charge in [-0.3, -0.25) is 4.79 Å². The Labute approximate surface area is 115 Å². The highest BCUT2D eigenvalue weighted by Gasteiger charge is 2.29. The minimum Gasteiger partial charge on any atom is -0.378 e. The molecule has 0 heterocycles. The van der Waals surface area contributed by atoms with Gasteiger partial charge in [0.15, 0.2) is 0 Å². The predicted molar refractivity (Wildman–Crippen MR) is 76.7 cm³/mol. The van der Waals surface area contributed by atoms with E-state index in [1.807, 2.05) is 51.1 Å². The fraction of sp³-hybridized carbons (Fsp3) is 0.533. The summed E-state index contributed by atoms with van der Waals surface area (Å²) < 4.78 is 5.27. The minimum atomic E-state index is -0.553. The topological polar surface area (TPSA) is 64.3 Å². The van der Waals surface area contributed by atoms with Crippen molar-refractivity contribution >= 4 is 5.91 Å². The lowest BCUT2D eigenvalue weighted by atomic mass is 9.91. The highest BCUT2D eigenvalue weighted by molar-refractivity contribution is 5.78. The summed E-state index contributed by atoms with van der Waals surface area (Å²) in [4.78, 5) is 12.1. The molecule has 0 radical (unpaired) electrons. The Morgan fingerprint density at radius 3 is 2.32 bits per heavy atom. The maximum absolute atomic E-state index is 12.1. The first-order valence-electron chi connectivity index (χ1n) is 6.45. The number of methoxy groups -OCH3 is 1. The summed E-state index contributed by atoms with van der Waals surface area (Å²) in [6.45, 7) is 6.04. The summed E-state index contributed by atoms with van der Waals surface area (Å²) in [5.74, 6) is -0.0661. The number of benzene rings is 1. The van der Waals surface area contributed by atoms with Crippen LogP contribution in [-0.2, 0) is 15.1 Å². The van der Waals surface area contributed by atoms with Crippen LogP contribution in [0.4, 0.5) is 0 Å². The predicted octanol–water partition coefficient (Wildman–Crippen LogP) is 1.79. The van der Waals surface area contributed by atoms with Gasteiger partial charge in [0.2, 0.25) is 5.91 Å². The van der Waals surface area contributed by atoms with Gasteiger partial charge < -0.3 is 15.8 Å². The van der Waals surface area contributed by atoms with Crippen LogP contribution in [0.25, 0.3) is 0 Å². The second kappa shape index (κ2) is 6.17. The monoisotopic (exact) mass is 264 g/mol. The lowest BCUT2D eigenvalue weighted by Crippen LogP contribution is -2.50. The number of hydrogen-bond acceptors (Lipinski definition) is 3. The van der Waals surface area contributed by atoms with Gasteiger partial charge in [-0.1, -0.05) is 30.3 Å². The summed E-state index contributed by atoms with van der Waals surface area (Å²) in [5.41, 5.74) is 5.81. The molecule has 0 spiro atoms. The Morgan fingerprint density at radius 2 is 1.84 bits per heavy atom. The lowest BCUT2D eigenvalue weighted by molar-refractivity contribution is -0.128. The quantitative estimate of drug-likeness (QED) is 0.823. The van der Waals surface area contributed by atoms with Crippen molar-refractivity contribution in [3.05, 3.63) is 35.9 Å². The first kappa shape index (κ1) is 15.7. The average Bonchev–Trinajstić information content (AvgIpc) is 2.39. The number of nitrogens with one attached hydrogen (secondary N) is 1. The van der Waals surface area contributed by atoms with E-state index in [1.54, 1.807) is 7.11 Å². The number of rotatable bonds is 6. The summed E-state index contributed by atoms with van der Waals surface area (Å²) >= 11 is 0. The van der Waals surface area contributed by atoms with E-state index in [2.05, 4.69) is 5.32 Å². The van der Waals surface area contributed by atoms with Crippen molar-refractivity contribution in [3.8, 4) is 0 Å². The molecule has 1 atom stereocenters. The van der Waals surface area contributed by atoms with Crippen molar-refractivity contribution in [1.29, 1.82) is 0 Å². The summed E-state index contributed by atoms with van der Waals surface area (Å²) in [6, 6.07) is 9.75. The molecule has 0 aromatic heterocycles. The van der Waals surface area contributed by atoms with Crippen LogP contribution < -0.4 is 11.1 Å². The maximum Gasteiger partial charge on any atom is 0.223 e. The van der Waals surface area contributed by atoms with Gasteiger partial charge in [0.1, 0.15) is 0 Å². The van der Waals surface area contributed by atoms with Crippen LogP contribution in [0.15, 0.2) is 30.3 Å². The second-order valence-corrected chi connectivity index (χ2v) is 5.59. The second-order valence-electron chi connectivity index (χ2n) is 5.59. The zero-order valence-corrected chi connectivity index (χ0v) is 12.2. The SMILES string of the molecule is COC(C)(C)CC(=O)NC(C)(CN)c1ccccc1. The van der Waals surface area contributed by atoms with Crippen LogP contribution in [0.2, 0.25) is 0 Å². The van der Waals surface area contributed by atoms with Crippen LogP contribution >= 0.6 is 0 Å². The lowest BCUT2D eigenvalue weighted by Gasteiger charge is -2.32. The number of hydrogen-bond donors (Lipinski definition) is 2. The van der Waals surface area contributed by atoms with Gasteiger partial charge in [0, 0.05) is 13.7 Å². The van der Waals surface area contributed by atoms with E-state index in [0.717, 1.165) is 5.56 Å². The van der Waals surface area contributed by atoms with Crippen molar-refractivity contribution in [2.24, 2.45) is 5.73 Å². The Balaban J connectivity index is 2.80. The molecule has 1 rings (SSSR count). The fourth-order valence-corrected chi connectivity index (χ4v) is 1.86. The van der Waals surface area contributed by atoms with Crippen molar-refractivity contribution < 1.29 is 9.53 Å². The molecule has 0 aliphatic heterocycles. The van der Waals surface area contributed by atoms with Crippen LogP contribution in [0.1, 0.15) is 32.8 Å². The number of amides is 1. The Hall–Kier alpha value is -1.39. The molecule has 4 nitrogen and oxygen atoms in total. The molecular weight excluding hydrogens is 240 g/mol. The third kappa shape index (κ3) is 4.33. The molecule has 0 aliphatic carbocycles. The van der Waals surface area contributed by atoms with E-state index in [-0.39, 0.29) is 5.91 Å². The smallest absolute Gasteiger partial charge is 0.223 e. The molecule has 106 valence electrons. The molecule has 0 bridgehead atoms. The van der Waals surface area contributed by atoms with Crippen molar-refractivity contribution in [2.45, 2.75) is 38.3 Å². The molecule has 0 saturated heterocycles. The maximum atomic E-state index is 12.1. The van der Waals surface area contributed by atoms with Gasteiger partial charge in [0.05, 0.1) is 17.6 Å². The Bertz CT molecular complexity index is 417. The third-order valence-electron chi connectivity index (χ3n) is 3.37. The average molecular weight is 264 g/mol. The van der Waals surface area contributed by atoms with E-state index in [4.69, 9.17) is 10.5 Å². The first-order valence-corrected chi connectivity index (χ1v) is 6.45. The first-order chi connectivity index (χ1) is 8.83. The molecule has 4 heteroatoms. The summed E-state index contributed by atoms with van der Waals surface area (Å²) in [7, 11) is 1.60. The highest BCUT2D eigenvalue weighted by atomic mass is 16.5. The van der Waals surface area contributed by atoms with Gasteiger partial charge in [-0.05, 0) is 26.3 Å². The van der Waals surface area contributed by atoms with Gasteiger partial charge in [-0.15, -0.1) is 0 Å². The standard InChI is InChI=1S/C15H24N2O2/c1-14(2,19-4)10-13(18)17-15(3,11-16)12-8-6-5-7-9-12/h5-9H,10-11,16H2,1-4H3,(H,17,18). The zero-order valence-electron chi connectivity index (χ0n) is 12.2. The van der Waals surface area contributed by atoms with E-state index in [9.17, 15) is 4.79 Å². The van der Waals surface area contributed by atoms with E-state index in [1.165, 1.54) is 0 Å². The fourth-order valence-electron chi connectivity index (χ4n) is 1.86. The van der Waals surface area contributed by atoms with Gasteiger partial charge in [0.25, 0.3) is 0 Å². The van der Waals surface area contributed by atoms with Crippen molar-refractivity contribution in [3.63, 3.8) is 0 Å². The van der Waals surface area contributed by atoms with Crippen molar-refractivity contribution in [1.82, 2.24) is 5.32 Å². The molecule has 0 fully saturated rings.